The molecular weight excluding hydrogens is 304 g/mol. The van der Waals surface area contributed by atoms with Crippen LogP contribution in [-0.4, -0.2) is 7.11 Å². The van der Waals surface area contributed by atoms with E-state index >= 15 is 0 Å². The van der Waals surface area contributed by atoms with Crippen LogP contribution in [0, 0.1) is 17.8 Å². The van der Waals surface area contributed by atoms with E-state index in [0.29, 0.717) is 11.3 Å². The Morgan fingerprint density at radius 1 is 1.00 bits per heavy atom. The molecule has 0 radical (unpaired) electrons. The van der Waals surface area contributed by atoms with E-state index in [4.69, 9.17) is 4.74 Å². The van der Waals surface area contributed by atoms with Crippen molar-refractivity contribution in [3.63, 3.8) is 0 Å². The highest BCUT2D eigenvalue weighted by atomic mass is 16.5. The molecule has 4 saturated carbocycles. The Labute approximate surface area is 152 Å². The van der Waals surface area contributed by atoms with Gasteiger partial charge in [0.05, 0.1) is 7.11 Å². The van der Waals surface area contributed by atoms with Crippen molar-refractivity contribution in [1.82, 2.24) is 0 Å². The Morgan fingerprint density at radius 2 is 1.68 bits per heavy atom. The smallest absolute Gasteiger partial charge is 0.122 e. The zero-order chi connectivity index (χ0) is 17.0. The van der Waals surface area contributed by atoms with Gasteiger partial charge in [0.2, 0.25) is 0 Å². The summed E-state index contributed by atoms with van der Waals surface area (Å²) in [4.78, 5) is 0. The third-order valence-electron chi connectivity index (χ3n) is 7.55. The van der Waals surface area contributed by atoms with E-state index < -0.39 is 0 Å². The lowest BCUT2D eigenvalue weighted by molar-refractivity contribution is -0.00619. The van der Waals surface area contributed by atoms with Gasteiger partial charge in [-0.05, 0) is 86.7 Å². The van der Waals surface area contributed by atoms with Crippen LogP contribution in [0.4, 0.5) is 0 Å². The van der Waals surface area contributed by atoms with Crippen LogP contribution in [0.5, 0.6) is 5.75 Å². The average molecular weight is 335 g/mol. The van der Waals surface area contributed by atoms with E-state index in [1.165, 1.54) is 55.2 Å². The van der Waals surface area contributed by atoms with Crippen molar-refractivity contribution in [2.75, 3.05) is 7.11 Å². The van der Waals surface area contributed by atoms with Gasteiger partial charge < -0.3 is 4.74 Å². The summed E-state index contributed by atoms with van der Waals surface area (Å²) in [7, 11) is 1.85. The molecular formula is C24H30O. The Balaban J connectivity index is 1.54. The van der Waals surface area contributed by atoms with Crippen molar-refractivity contribution in [3.05, 3.63) is 53.1 Å². The molecule has 132 valence electrons. The maximum Gasteiger partial charge on any atom is 0.122 e. The normalized spacial score (nSPS) is 38.7. The fraction of sp³-hybridized carbons (Fsp3) is 0.583. The van der Waals surface area contributed by atoms with Gasteiger partial charge in [-0.2, -0.15) is 0 Å². The molecule has 0 aliphatic heterocycles. The summed E-state index contributed by atoms with van der Waals surface area (Å²) in [5, 5.41) is 0. The molecule has 4 fully saturated rings. The van der Waals surface area contributed by atoms with Gasteiger partial charge >= 0.3 is 0 Å². The molecule has 0 aromatic heterocycles. The number of rotatable bonds is 3. The van der Waals surface area contributed by atoms with E-state index in [1.807, 2.05) is 7.11 Å². The molecule has 0 heterocycles. The minimum atomic E-state index is 0.403. The van der Waals surface area contributed by atoms with Gasteiger partial charge in [0.1, 0.15) is 5.75 Å². The Morgan fingerprint density at radius 3 is 2.24 bits per heavy atom. The summed E-state index contributed by atoms with van der Waals surface area (Å²) >= 11 is 0. The van der Waals surface area contributed by atoms with Crippen LogP contribution in [0.25, 0.3) is 0 Å². The quantitative estimate of drug-likeness (QED) is 0.644. The maximum atomic E-state index is 5.86. The number of hydrogen-bond donors (Lipinski definition) is 0. The van der Waals surface area contributed by atoms with Crippen LogP contribution in [0.3, 0.4) is 0 Å². The standard InChI is InChI=1S/C24H30O/c1-16-3-5-20(6-4-16)21-7-8-23(25-2)22(12-21)24-13-17-9-18(14-24)11-19(10-17)15-24/h3-5,7-8,12,17-20H,6,9-11,13-15H2,1-2H3. The molecule has 5 aliphatic carbocycles. The highest BCUT2D eigenvalue weighted by molar-refractivity contribution is 5.46. The van der Waals surface area contributed by atoms with Gasteiger partial charge in [0.15, 0.2) is 0 Å². The van der Waals surface area contributed by atoms with Crippen molar-refractivity contribution in [2.45, 2.75) is 63.2 Å². The van der Waals surface area contributed by atoms with Crippen molar-refractivity contribution in [2.24, 2.45) is 17.8 Å². The first-order chi connectivity index (χ1) is 12.1. The van der Waals surface area contributed by atoms with Gasteiger partial charge in [-0.3, -0.25) is 0 Å². The number of hydrogen-bond acceptors (Lipinski definition) is 1. The monoisotopic (exact) mass is 334 g/mol. The Kier molecular flexibility index (Phi) is 3.62. The minimum Gasteiger partial charge on any atom is -0.496 e. The molecule has 6 rings (SSSR count). The van der Waals surface area contributed by atoms with E-state index in [9.17, 15) is 0 Å². The van der Waals surface area contributed by atoms with Crippen molar-refractivity contribution < 1.29 is 4.74 Å². The lowest BCUT2D eigenvalue weighted by atomic mass is 9.48. The first-order valence-electron chi connectivity index (χ1n) is 10.2. The molecule has 1 aromatic carbocycles. The molecule has 1 atom stereocenters. The summed E-state index contributed by atoms with van der Waals surface area (Å²) in [5.74, 6) is 4.58. The van der Waals surface area contributed by atoms with E-state index in [1.54, 1.807) is 0 Å². The second-order valence-electron chi connectivity index (χ2n) is 9.31. The zero-order valence-electron chi connectivity index (χ0n) is 15.6. The maximum absolute atomic E-state index is 5.86. The first kappa shape index (κ1) is 15.7. The summed E-state index contributed by atoms with van der Waals surface area (Å²) in [6.07, 6.45) is 16.9. The molecule has 0 spiro atoms. The molecule has 4 bridgehead atoms. The second kappa shape index (κ2) is 5.76. The Bertz CT molecular complexity index is 703. The number of methoxy groups -OCH3 is 1. The van der Waals surface area contributed by atoms with Gasteiger partial charge in [-0.15, -0.1) is 0 Å². The van der Waals surface area contributed by atoms with Gasteiger partial charge in [0, 0.05) is 11.5 Å². The van der Waals surface area contributed by atoms with Gasteiger partial charge in [-0.25, -0.2) is 0 Å². The highest BCUT2D eigenvalue weighted by Gasteiger charge is 2.52. The third-order valence-corrected chi connectivity index (χ3v) is 7.55. The van der Waals surface area contributed by atoms with Gasteiger partial charge in [-0.1, -0.05) is 35.9 Å². The van der Waals surface area contributed by atoms with E-state index in [0.717, 1.165) is 29.9 Å². The summed E-state index contributed by atoms with van der Waals surface area (Å²) in [6.45, 7) is 2.20. The zero-order valence-corrected chi connectivity index (χ0v) is 15.6. The van der Waals surface area contributed by atoms with Crippen LogP contribution in [0.2, 0.25) is 0 Å². The van der Waals surface area contributed by atoms with E-state index in [2.05, 4.69) is 43.4 Å². The van der Waals surface area contributed by atoms with Gasteiger partial charge in [0.25, 0.3) is 0 Å². The molecule has 0 N–H and O–H groups in total. The molecule has 1 aromatic rings. The lowest BCUT2D eigenvalue weighted by Gasteiger charge is -2.57. The summed E-state index contributed by atoms with van der Waals surface area (Å²) < 4.78 is 5.86. The van der Waals surface area contributed by atoms with Crippen LogP contribution in [-0.2, 0) is 5.41 Å². The predicted octanol–water partition coefficient (Wildman–Crippen LogP) is 6.15. The highest BCUT2D eigenvalue weighted by Crippen LogP contribution is 2.62. The molecule has 1 heteroatoms. The SMILES string of the molecule is COc1ccc(C2C=CC(C)=CC2)cc1C12CC3CC(CC(C3)C1)C2. The first-order valence-corrected chi connectivity index (χ1v) is 10.2. The topological polar surface area (TPSA) is 9.23 Å². The van der Waals surface area contributed by atoms with Crippen LogP contribution in [0.1, 0.15) is 68.9 Å². The molecule has 25 heavy (non-hydrogen) atoms. The van der Waals surface area contributed by atoms with Crippen LogP contribution >= 0.6 is 0 Å². The lowest BCUT2D eigenvalue weighted by Crippen LogP contribution is -2.48. The van der Waals surface area contributed by atoms with Crippen LogP contribution < -0.4 is 4.74 Å². The fourth-order valence-electron chi connectivity index (χ4n) is 6.79. The Hall–Kier alpha value is -1.50. The minimum absolute atomic E-state index is 0.403. The predicted molar refractivity (Wildman–Crippen MR) is 103 cm³/mol. The summed E-state index contributed by atoms with van der Waals surface area (Å²) in [5.41, 5.74) is 4.81. The third kappa shape index (κ3) is 2.58. The summed E-state index contributed by atoms with van der Waals surface area (Å²) in [6, 6.07) is 7.07. The largest absolute Gasteiger partial charge is 0.496 e. The average Bonchev–Trinajstić information content (AvgIpc) is 2.61. The van der Waals surface area contributed by atoms with E-state index in [-0.39, 0.29) is 0 Å². The number of allylic oxidation sites excluding steroid dienone is 4. The second-order valence-corrected chi connectivity index (χ2v) is 9.31. The molecule has 1 unspecified atom stereocenters. The fourth-order valence-corrected chi connectivity index (χ4v) is 6.79. The van der Waals surface area contributed by atoms with Crippen LogP contribution in [0.15, 0.2) is 42.0 Å². The molecule has 0 amide bonds. The van der Waals surface area contributed by atoms with Crippen molar-refractivity contribution in [1.29, 1.82) is 0 Å². The van der Waals surface area contributed by atoms with Crippen molar-refractivity contribution >= 4 is 0 Å². The molecule has 1 nitrogen and oxygen atoms in total. The van der Waals surface area contributed by atoms with Crippen molar-refractivity contribution in [3.8, 4) is 5.75 Å². The molecule has 5 aliphatic rings. The number of benzene rings is 1. The molecule has 0 saturated heterocycles. The number of ether oxygens (including phenoxy) is 1.